The summed E-state index contributed by atoms with van der Waals surface area (Å²) >= 11 is 1.10. The summed E-state index contributed by atoms with van der Waals surface area (Å²) in [4.78, 5) is 26.0. The molecule has 1 aliphatic heterocycles. The van der Waals surface area contributed by atoms with E-state index in [4.69, 9.17) is 10.8 Å². The summed E-state index contributed by atoms with van der Waals surface area (Å²) in [6.45, 7) is 0. The molecule has 6 heteroatoms. The van der Waals surface area contributed by atoms with Gasteiger partial charge in [-0.15, -0.1) is 0 Å². The molecule has 0 spiro atoms. The lowest BCUT2D eigenvalue weighted by atomic mass is 10.1. The average Bonchev–Trinajstić information content (AvgIpc) is 2.58. The van der Waals surface area contributed by atoms with Crippen molar-refractivity contribution in [3.8, 4) is 0 Å². The third-order valence-electron chi connectivity index (χ3n) is 2.09. The van der Waals surface area contributed by atoms with Gasteiger partial charge in [0.25, 0.3) is 5.91 Å². The number of nitrogens with two attached hydrogens (primary N) is 1. The van der Waals surface area contributed by atoms with Gasteiger partial charge in [0.05, 0.1) is 10.5 Å². The van der Waals surface area contributed by atoms with Crippen LogP contribution in [-0.4, -0.2) is 22.2 Å². The molecule has 0 radical (unpaired) electrons. The van der Waals surface area contributed by atoms with Crippen molar-refractivity contribution in [3.05, 3.63) is 40.3 Å². The second-order valence-corrected chi connectivity index (χ2v) is 4.36. The summed E-state index contributed by atoms with van der Waals surface area (Å²) in [5.41, 5.74) is 6.34. The molecule has 1 aromatic carbocycles. The van der Waals surface area contributed by atoms with Crippen LogP contribution in [0, 0.1) is 0 Å². The number of carbonyl (C=O) groups excluding carboxylic acids is 1. The fourth-order valence-corrected chi connectivity index (χ4v) is 1.98. The van der Waals surface area contributed by atoms with Gasteiger partial charge < -0.3 is 10.8 Å². The summed E-state index contributed by atoms with van der Waals surface area (Å²) in [6.07, 6.45) is 1.63. The third-order valence-corrected chi connectivity index (χ3v) is 2.91. The molecular formula is C11H8N2O3S. The Morgan fingerprint density at radius 1 is 1.35 bits per heavy atom. The first-order chi connectivity index (χ1) is 8.06. The van der Waals surface area contributed by atoms with Gasteiger partial charge in [-0.3, -0.25) is 4.79 Å². The van der Waals surface area contributed by atoms with Crippen molar-refractivity contribution in [3.63, 3.8) is 0 Å². The van der Waals surface area contributed by atoms with Crippen molar-refractivity contribution in [2.24, 2.45) is 10.7 Å². The molecule has 86 valence electrons. The fraction of sp³-hybridized carbons (Fsp3) is 0. The van der Waals surface area contributed by atoms with Crippen molar-refractivity contribution in [1.29, 1.82) is 0 Å². The standard InChI is InChI=1S/C11H8N2O3S/c12-11-13-9(14)8(17-11)5-6-1-3-7(4-2-6)10(15)16/h1-5H,(H,15,16)(H2,12,13,14)/b8-5-. The van der Waals surface area contributed by atoms with E-state index in [0.29, 0.717) is 4.91 Å². The van der Waals surface area contributed by atoms with Gasteiger partial charge in [-0.25, -0.2) is 4.79 Å². The molecule has 0 saturated heterocycles. The van der Waals surface area contributed by atoms with E-state index in [2.05, 4.69) is 4.99 Å². The number of amides is 1. The van der Waals surface area contributed by atoms with Crippen LogP contribution in [0.1, 0.15) is 15.9 Å². The zero-order valence-electron chi connectivity index (χ0n) is 8.58. The lowest BCUT2D eigenvalue weighted by Gasteiger charge is -1.97. The average molecular weight is 248 g/mol. The van der Waals surface area contributed by atoms with Crippen LogP contribution in [0.4, 0.5) is 0 Å². The molecular weight excluding hydrogens is 240 g/mol. The van der Waals surface area contributed by atoms with Crippen molar-refractivity contribution in [2.45, 2.75) is 0 Å². The summed E-state index contributed by atoms with van der Waals surface area (Å²) in [5, 5.41) is 8.95. The number of aromatic carboxylic acids is 1. The Labute approximate surface area is 101 Å². The van der Waals surface area contributed by atoms with Crippen LogP contribution in [0.25, 0.3) is 6.08 Å². The highest BCUT2D eigenvalue weighted by Crippen LogP contribution is 2.26. The minimum Gasteiger partial charge on any atom is -0.478 e. The van der Waals surface area contributed by atoms with Crippen LogP contribution in [0.2, 0.25) is 0 Å². The van der Waals surface area contributed by atoms with E-state index in [0.717, 1.165) is 17.3 Å². The molecule has 1 aromatic rings. The van der Waals surface area contributed by atoms with Crippen LogP contribution in [0.15, 0.2) is 34.2 Å². The molecule has 0 aliphatic carbocycles. The smallest absolute Gasteiger partial charge is 0.335 e. The summed E-state index contributed by atoms with van der Waals surface area (Å²) in [7, 11) is 0. The topological polar surface area (TPSA) is 92.8 Å². The highest BCUT2D eigenvalue weighted by atomic mass is 32.2. The first-order valence-corrected chi connectivity index (χ1v) is 5.49. The second-order valence-electron chi connectivity index (χ2n) is 3.29. The second kappa shape index (κ2) is 4.42. The molecule has 0 bridgehead atoms. The van der Waals surface area contributed by atoms with Crippen LogP contribution in [0.5, 0.6) is 0 Å². The van der Waals surface area contributed by atoms with Crippen LogP contribution in [0.3, 0.4) is 0 Å². The normalized spacial score (nSPS) is 17.3. The van der Waals surface area contributed by atoms with Crippen LogP contribution in [-0.2, 0) is 4.79 Å². The molecule has 0 saturated carbocycles. The number of rotatable bonds is 2. The van der Waals surface area contributed by atoms with Gasteiger partial charge in [-0.05, 0) is 35.5 Å². The van der Waals surface area contributed by atoms with E-state index < -0.39 is 5.97 Å². The third kappa shape index (κ3) is 2.54. The zero-order chi connectivity index (χ0) is 12.4. The van der Waals surface area contributed by atoms with Crippen molar-refractivity contribution in [1.82, 2.24) is 0 Å². The minimum absolute atomic E-state index is 0.202. The molecule has 5 nitrogen and oxygen atoms in total. The number of benzene rings is 1. The van der Waals surface area contributed by atoms with E-state index in [1.165, 1.54) is 12.1 Å². The number of carboxylic acid groups (broad SMARTS) is 1. The van der Waals surface area contributed by atoms with Crippen LogP contribution >= 0.6 is 11.8 Å². The molecule has 0 unspecified atom stereocenters. The van der Waals surface area contributed by atoms with E-state index >= 15 is 0 Å². The van der Waals surface area contributed by atoms with E-state index in [9.17, 15) is 9.59 Å². The Bertz CT molecular complexity index is 546. The number of thioether (sulfide) groups is 1. The largest absolute Gasteiger partial charge is 0.478 e. The van der Waals surface area contributed by atoms with Gasteiger partial charge in [0.15, 0.2) is 5.17 Å². The Kier molecular flexibility index (Phi) is 2.97. The van der Waals surface area contributed by atoms with Crippen LogP contribution < -0.4 is 5.73 Å². The minimum atomic E-state index is -0.983. The van der Waals surface area contributed by atoms with E-state index in [-0.39, 0.29) is 16.6 Å². The van der Waals surface area contributed by atoms with Gasteiger partial charge in [0, 0.05) is 0 Å². The molecule has 17 heavy (non-hydrogen) atoms. The first-order valence-electron chi connectivity index (χ1n) is 4.67. The fourth-order valence-electron chi connectivity index (χ4n) is 1.30. The van der Waals surface area contributed by atoms with Crippen molar-refractivity contribution in [2.75, 3.05) is 0 Å². The van der Waals surface area contributed by atoms with Crippen molar-refractivity contribution < 1.29 is 14.7 Å². The number of amidine groups is 1. The van der Waals surface area contributed by atoms with Gasteiger partial charge in [-0.2, -0.15) is 4.99 Å². The summed E-state index contributed by atoms with van der Waals surface area (Å²) < 4.78 is 0. The zero-order valence-corrected chi connectivity index (χ0v) is 9.40. The number of carboxylic acids is 1. The predicted octanol–water partition coefficient (Wildman–Crippen LogP) is 1.31. The number of hydrogen-bond acceptors (Lipinski definition) is 4. The number of aliphatic imine (C=N–C) groups is 1. The lowest BCUT2D eigenvalue weighted by Crippen LogP contribution is -2.01. The van der Waals surface area contributed by atoms with Gasteiger partial charge in [0.1, 0.15) is 0 Å². The summed E-state index contributed by atoms with van der Waals surface area (Å²) in [6, 6.07) is 6.20. The highest BCUT2D eigenvalue weighted by molar-refractivity contribution is 8.18. The number of hydrogen-bond donors (Lipinski definition) is 2. The van der Waals surface area contributed by atoms with Gasteiger partial charge in [0.2, 0.25) is 0 Å². The molecule has 1 amide bonds. The van der Waals surface area contributed by atoms with E-state index in [1.807, 2.05) is 0 Å². The Hall–Kier alpha value is -2.08. The first kappa shape index (κ1) is 11.4. The highest BCUT2D eigenvalue weighted by Gasteiger charge is 2.19. The monoisotopic (exact) mass is 248 g/mol. The van der Waals surface area contributed by atoms with Crippen molar-refractivity contribution >= 4 is 34.9 Å². The maximum atomic E-state index is 11.3. The predicted molar refractivity (Wildman–Crippen MR) is 65.6 cm³/mol. The number of nitrogens with zero attached hydrogens (tertiary/aromatic N) is 1. The van der Waals surface area contributed by atoms with Gasteiger partial charge >= 0.3 is 5.97 Å². The quantitative estimate of drug-likeness (QED) is 0.770. The van der Waals surface area contributed by atoms with Gasteiger partial charge in [-0.1, -0.05) is 12.1 Å². The summed E-state index contributed by atoms with van der Waals surface area (Å²) in [5.74, 6) is -1.35. The molecule has 3 N–H and O–H groups in total. The SMILES string of the molecule is NC1=NC(=O)/C(=C/c2ccc(C(=O)O)cc2)S1. The molecule has 0 fully saturated rings. The molecule has 0 atom stereocenters. The lowest BCUT2D eigenvalue weighted by molar-refractivity contribution is -0.113. The maximum absolute atomic E-state index is 11.3. The molecule has 1 aliphatic rings. The molecule has 0 aromatic heterocycles. The number of carbonyl (C=O) groups is 2. The Morgan fingerprint density at radius 3 is 2.47 bits per heavy atom. The molecule has 2 rings (SSSR count). The van der Waals surface area contributed by atoms with E-state index in [1.54, 1.807) is 18.2 Å². The Balaban J connectivity index is 2.23. The maximum Gasteiger partial charge on any atom is 0.335 e. The molecule has 1 heterocycles. The Morgan fingerprint density at radius 2 is 2.00 bits per heavy atom.